The van der Waals surface area contributed by atoms with Crippen LogP contribution in [0.15, 0.2) is 35.4 Å². The Morgan fingerprint density at radius 1 is 0.737 bits per heavy atom. The van der Waals surface area contributed by atoms with Gasteiger partial charge in [0.2, 0.25) is 0 Å². The predicted octanol–water partition coefficient (Wildman–Crippen LogP) is 1.17. The summed E-state index contributed by atoms with van der Waals surface area (Å²) >= 11 is 1.27. The Hall–Kier alpha value is -2.55. The summed E-state index contributed by atoms with van der Waals surface area (Å²) in [6.07, 6.45) is 6.54. The van der Waals surface area contributed by atoms with Gasteiger partial charge in [0.1, 0.15) is 11.0 Å². The number of hydrogen-bond acceptors (Lipinski definition) is 7. The van der Waals surface area contributed by atoms with E-state index in [1.165, 1.54) is 11.8 Å². The van der Waals surface area contributed by atoms with Crippen molar-refractivity contribution in [2.24, 2.45) is 0 Å². The van der Waals surface area contributed by atoms with Crippen molar-refractivity contribution in [3.8, 4) is 0 Å². The molecule has 0 radical (unpaired) electrons. The summed E-state index contributed by atoms with van der Waals surface area (Å²) in [5.74, 6) is 0. The second-order valence-electron chi connectivity index (χ2n) is 3.69. The first kappa shape index (κ1) is 10.4. The minimum absolute atomic E-state index is 0.550. The van der Waals surface area contributed by atoms with Crippen LogP contribution in [0.4, 0.5) is 0 Å². The van der Waals surface area contributed by atoms with Crippen LogP contribution < -0.4 is 0 Å². The third-order valence-corrected chi connectivity index (χ3v) is 3.25. The molecule has 4 heterocycles. The number of aromatic nitrogens is 8. The maximum absolute atomic E-state index is 4.30. The number of H-pyrrole nitrogens is 2. The Morgan fingerprint density at radius 2 is 1.26 bits per heavy atom. The largest absolute Gasteiger partial charge is 0.342 e. The van der Waals surface area contributed by atoms with Gasteiger partial charge in [-0.25, -0.2) is 29.9 Å². The van der Waals surface area contributed by atoms with Gasteiger partial charge in [0, 0.05) is 0 Å². The van der Waals surface area contributed by atoms with Crippen molar-refractivity contribution in [1.29, 1.82) is 0 Å². The van der Waals surface area contributed by atoms with Gasteiger partial charge in [-0.2, -0.15) is 0 Å². The number of fused-ring (bicyclic) bond motifs is 2. The molecule has 2 N–H and O–H groups in total. The lowest BCUT2D eigenvalue weighted by Gasteiger charge is -1.97. The van der Waals surface area contributed by atoms with E-state index in [9.17, 15) is 0 Å². The molecule has 0 spiro atoms. The second kappa shape index (κ2) is 3.99. The number of nitrogens with zero attached hydrogens (tertiary/aromatic N) is 6. The molecule has 19 heavy (non-hydrogen) atoms. The van der Waals surface area contributed by atoms with Gasteiger partial charge in [-0.3, -0.25) is 0 Å². The lowest BCUT2D eigenvalue weighted by molar-refractivity contribution is 0.952. The van der Waals surface area contributed by atoms with Crippen LogP contribution in [-0.2, 0) is 0 Å². The van der Waals surface area contributed by atoms with E-state index in [1.54, 1.807) is 25.0 Å². The van der Waals surface area contributed by atoms with Crippen LogP contribution in [0.5, 0.6) is 0 Å². The summed E-state index contributed by atoms with van der Waals surface area (Å²) < 4.78 is 0. The Morgan fingerprint density at radius 3 is 1.79 bits per heavy atom. The van der Waals surface area contributed by atoms with E-state index in [1.807, 2.05) is 0 Å². The van der Waals surface area contributed by atoms with E-state index in [0.29, 0.717) is 21.6 Å². The predicted molar refractivity (Wildman–Crippen MR) is 67.5 cm³/mol. The van der Waals surface area contributed by atoms with Crippen molar-refractivity contribution in [2.75, 3.05) is 0 Å². The molecular weight excluding hydrogens is 264 g/mol. The fraction of sp³-hybridized carbons (Fsp3) is 0. The fourth-order valence-electron chi connectivity index (χ4n) is 1.62. The first-order valence-electron chi connectivity index (χ1n) is 5.38. The zero-order chi connectivity index (χ0) is 12.7. The first-order chi connectivity index (χ1) is 9.38. The molecule has 0 amide bonds. The van der Waals surface area contributed by atoms with E-state index in [4.69, 9.17) is 0 Å². The summed E-state index contributed by atoms with van der Waals surface area (Å²) in [7, 11) is 0. The number of imidazole rings is 2. The zero-order valence-electron chi connectivity index (χ0n) is 9.40. The third-order valence-electron chi connectivity index (χ3n) is 2.49. The van der Waals surface area contributed by atoms with Crippen LogP contribution >= 0.6 is 11.8 Å². The van der Waals surface area contributed by atoms with Crippen LogP contribution in [0.25, 0.3) is 22.3 Å². The van der Waals surface area contributed by atoms with E-state index < -0.39 is 0 Å². The lowest BCUT2D eigenvalue weighted by Crippen LogP contribution is -1.91. The number of aromatic amines is 2. The van der Waals surface area contributed by atoms with Gasteiger partial charge in [0.25, 0.3) is 0 Å². The van der Waals surface area contributed by atoms with Crippen LogP contribution in [0.2, 0.25) is 0 Å². The normalized spacial score (nSPS) is 11.4. The van der Waals surface area contributed by atoms with Gasteiger partial charge in [-0.1, -0.05) is 0 Å². The summed E-state index contributed by atoms with van der Waals surface area (Å²) in [5.41, 5.74) is 2.85. The highest BCUT2D eigenvalue weighted by molar-refractivity contribution is 7.99. The Bertz CT molecular complexity index is 794. The van der Waals surface area contributed by atoms with Crippen molar-refractivity contribution in [3.05, 3.63) is 25.0 Å². The maximum atomic E-state index is 4.30. The first-order valence-corrected chi connectivity index (χ1v) is 6.20. The maximum Gasteiger partial charge on any atom is 0.197 e. The molecule has 0 aromatic carbocycles. The highest BCUT2D eigenvalue weighted by Crippen LogP contribution is 2.22. The van der Waals surface area contributed by atoms with Gasteiger partial charge in [0.15, 0.2) is 21.6 Å². The van der Waals surface area contributed by atoms with Gasteiger partial charge in [-0.15, -0.1) is 0 Å². The molecule has 4 aromatic rings. The van der Waals surface area contributed by atoms with Crippen LogP contribution in [-0.4, -0.2) is 39.9 Å². The molecular formula is C10H6N8S. The average molecular weight is 270 g/mol. The molecule has 0 saturated heterocycles. The van der Waals surface area contributed by atoms with Gasteiger partial charge < -0.3 is 9.97 Å². The molecule has 9 heteroatoms. The Labute approximate surface area is 110 Å². The van der Waals surface area contributed by atoms with Crippen molar-refractivity contribution >= 4 is 34.1 Å². The molecule has 0 atom stereocenters. The molecule has 92 valence electrons. The summed E-state index contributed by atoms with van der Waals surface area (Å²) in [6.45, 7) is 0. The molecule has 4 rings (SSSR count). The quantitative estimate of drug-likeness (QED) is 0.526. The monoisotopic (exact) mass is 270 g/mol. The van der Waals surface area contributed by atoms with E-state index in [0.717, 1.165) is 11.0 Å². The molecule has 8 nitrogen and oxygen atoms in total. The highest BCUT2D eigenvalue weighted by atomic mass is 32.2. The molecule has 0 fully saturated rings. The molecule has 0 unspecified atom stereocenters. The Kier molecular flexibility index (Phi) is 2.18. The summed E-state index contributed by atoms with van der Waals surface area (Å²) in [6, 6.07) is 0. The van der Waals surface area contributed by atoms with Crippen LogP contribution in [0.3, 0.4) is 0 Å². The fourth-order valence-corrected chi connectivity index (χ4v) is 2.26. The topological polar surface area (TPSA) is 109 Å². The molecule has 0 bridgehead atoms. The van der Waals surface area contributed by atoms with Gasteiger partial charge in [-0.05, 0) is 11.8 Å². The lowest BCUT2D eigenvalue weighted by atomic mass is 10.6. The minimum Gasteiger partial charge on any atom is -0.342 e. The Balaban J connectivity index is 1.72. The van der Waals surface area contributed by atoms with Gasteiger partial charge >= 0.3 is 0 Å². The molecule has 0 aliphatic rings. The molecule has 0 aliphatic carbocycles. The zero-order valence-corrected chi connectivity index (χ0v) is 10.2. The summed E-state index contributed by atoms with van der Waals surface area (Å²) in [5, 5.41) is 1.10. The van der Waals surface area contributed by atoms with Crippen LogP contribution in [0.1, 0.15) is 0 Å². The number of rotatable bonds is 2. The standard InChI is InChI=1S/C10H6N8S/c1-5-7(15-3-13-5)17-9(11-1)19-10-12-2-6-8(18-10)16-4-14-6/h1-4H,(H,11,13,15,17)(H,12,14,16,18). The molecule has 0 saturated carbocycles. The van der Waals surface area contributed by atoms with E-state index in [-0.39, 0.29) is 0 Å². The second-order valence-corrected chi connectivity index (χ2v) is 4.62. The molecule has 4 aromatic heterocycles. The minimum atomic E-state index is 0.550. The summed E-state index contributed by atoms with van der Waals surface area (Å²) in [4.78, 5) is 31.1. The average Bonchev–Trinajstić information content (AvgIpc) is 3.05. The van der Waals surface area contributed by atoms with Crippen molar-refractivity contribution < 1.29 is 0 Å². The number of nitrogens with one attached hydrogen (secondary N) is 2. The highest BCUT2D eigenvalue weighted by Gasteiger charge is 2.08. The van der Waals surface area contributed by atoms with E-state index >= 15 is 0 Å². The van der Waals surface area contributed by atoms with Crippen molar-refractivity contribution in [1.82, 2.24) is 39.9 Å². The SMILES string of the molecule is c1nc2nc(Sc3ncc4[nH]cnc4n3)ncc2[nH]1. The molecule has 0 aliphatic heterocycles. The third kappa shape index (κ3) is 1.80. The van der Waals surface area contributed by atoms with Crippen molar-refractivity contribution in [3.63, 3.8) is 0 Å². The van der Waals surface area contributed by atoms with E-state index in [2.05, 4.69) is 39.9 Å². The number of hydrogen-bond donors (Lipinski definition) is 2. The van der Waals surface area contributed by atoms with Crippen molar-refractivity contribution in [2.45, 2.75) is 10.3 Å². The van der Waals surface area contributed by atoms with Gasteiger partial charge in [0.05, 0.1) is 25.0 Å². The smallest absolute Gasteiger partial charge is 0.197 e. The van der Waals surface area contributed by atoms with Crippen LogP contribution in [0, 0.1) is 0 Å².